The zero-order valence-electron chi connectivity index (χ0n) is 14.9. The molecule has 1 N–H and O–H groups in total. The first-order valence-corrected chi connectivity index (χ1v) is 12.1. The molecule has 146 valence electrons. The Balaban J connectivity index is 1.82. The number of hydrogen-bond donors (Lipinski definition) is 1. The molecular weight excluding hydrogens is 389 g/mol. The molecule has 0 aromatic heterocycles. The highest BCUT2D eigenvalue weighted by molar-refractivity contribution is 7.96. The van der Waals surface area contributed by atoms with Gasteiger partial charge in [0.1, 0.15) is 5.82 Å². The normalized spacial score (nSPS) is 22.0. The third kappa shape index (κ3) is 4.56. The molecule has 1 heterocycles. The lowest BCUT2D eigenvalue weighted by Gasteiger charge is -2.20. The molecule has 2 aromatic carbocycles. The predicted octanol–water partition coefficient (Wildman–Crippen LogP) is 2.12. The molecule has 2 atom stereocenters. The van der Waals surface area contributed by atoms with Gasteiger partial charge in [-0.05, 0) is 41.8 Å². The van der Waals surface area contributed by atoms with E-state index in [0.717, 1.165) is 17.5 Å². The largest absolute Gasteiger partial charge is 0.308 e. The topological polar surface area (TPSA) is 80.3 Å². The highest BCUT2D eigenvalue weighted by atomic mass is 32.2. The Bertz CT molecular complexity index is 1000. The summed E-state index contributed by atoms with van der Waals surface area (Å²) in [6, 6.07) is 11.6. The summed E-state index contributed by atoms with van der Waals surface area (Å²) in [5.41, 5.74) is 1.77. The van der Waals surface area contributed by atoms with Gasteiger partial charge in [-0.3, -0.25) is 0 Å². The van der Waals surface area contributed by atoms with Crippen LogP contribution < -0.4 is 5.32 Å². The van der Waals surface area contributed by atoms with Gasteiger partial charge in [0.25, 0.3) is 0 Å². The Hall–Kier alpha value is -1.77. The number of rotatable bonds is 6. The van der Waals surface area contributed by atoms with Crippen molar-refractivity contribution in [2.45, 2.75) is 36.1 Å². The molecule has 0 amide bonds. The van der Waals surface area contributed by atoms with E-state index in [0.29, 0.717) is 0 Å². The van der Waals surface area contributed by atoms with Gasteiger partial charge < -0.3 is 5.32 Å². The lowest BCUT2D eigenvalue weighted by atomic mass is 10.2. The van der Waals surface area contributed by atoms with E-state index in [4.69, 9.17) is 0 Å². The van der Waals surface area contributed by atoms with Crippen molar-refractivity contribution in [2.24, 2.45) is 0 Å². The minimum atomic E-state index is -3.80. The van der Waals surface area contributed by atoms with Gasteiger partial charge in [-0.2, -0.15) is 0 Å². The van der Waals surface area contributed by atoms with Crippen LogP contribution in [0.4, 0.5) is 4.39 Å². The van der Waals surface area contributed by atoms with Gasteiger partial charge in [0.15, 0.2) is 19.7 Å². The summed E-state index contributed by atoms with van der Waals surface area (Å²) in [6.45, 7) is 2.24. The molecule has 2 aromatic rings. The summed E-state index contributed by atoms with van der Waals surface area (Å²) >= 11 is 0. The molecule has 3 rings (SSSR count). The number of hydrogen-bond acceptors (Lipinski definition) is 5. The first kappa shape index (κ1) is 20.0. The van der Waals surface area contributed by atoms with Crippen LogP contribution in [0, 0.1) is 5.82 Å². The molecule has 1 saturated heterocycles. The second-order valence-electron chi connectivity index (χ2n) is 6.77. The van der Waals surface area contributed by atoms with E-state index < -0.39 is 36.7 Å². The molecule has 1 aliphatic rings. The van der Waals surface area contributed by atoms with Crippen molar-refractivity contribution >= 4 is 19.7 Å². The van der Waals surface area contributed by atoms with Crippen molar-refractivity contribution in [3.63, 3.8) is 0 Å². The van der Waals surface area contributed by atoms with Crippen molar-refractivity contribution in [2.75, 3.05) is 11.5 Å². The van der Waals surface area contributed by atoms with E-state index in [1.807, 2.05) is 6.92 Å². The maximum atomic E-state index is 13.0. The van der Waals surface area contributed by atoms with E-state index in [-0.39, 0.29) is 23.0 Å². The fourth-order valence-corrected chi connectivity index (χ4v) is 7.97. The Labute approximate surface area is 159 Å². The molecule has 1 aliphatic heterocycles. The van der Waals surface area contributed by atoms with Crippen molar-refractivity contribution in [3.05, 3.63) is 65.5 Å². The zero-order chi connectivity index (χ0) is 19.7. The van der Waals surface area contributed by atoms with Crippen LogP contribution in [0.5, 0.6) is 0 Å². The fourth-order valence-electron chi connectivity index (χ4n) is 3.25. The Morgan fingerprint density at radius 3 is 2.19 bits per heavy atom. The third-order valence-corrected chi connectivity index (χ3v) is 9.01. The van der Waals surface area contributed by atoms with Gasteiger partial charge in [-0.15, -0.1) is 0 Å². The quantitative estimate of drug-likeness (QED) is 0.788. The fraction of sp³-hybridized carbons (Fsp3) is 0.368. The minimum absolute atomic E-state index is 0.135. The highest BCUT2D eigenvalue weighted by Gasteiger charge is 2.45. The van der Waals surface area contributed by atoms with Crippen LogP contribution in [0.25, 0.3) is 0 Å². The molecule has 0 radical (unpaired) electrons. The second-order valence-corrected chi connectivity index (χ2v) is 11.1. The summed E-state index contributed by atoms with van der Waals surface area (Å²) in [6.07, 6.45) is 0.792. The summed E-state index contributed by atoms with van der Waals surface area (Å²) in [5.74, 6) is -0.991. The van der Waals surface area contributed by atoms with Crippen molar-refractivity contribution in [1.29, 1.82) is 0 Å². The minimum Gasteiger partial charge on any atom is -0.308 e. The Morgan fingerprint density at radius 1 is 1.00 bits per heavy atom. The number of sulfone groups is 2. The smallest absolute Gasteiger partial charge is 0.183 e. The van der Waals surface area contributed by atoms with Gasteiger partial charge in [0.05, 0.1) is 21.7 Å². The third-order valence-electron chi connectivity index (χ3n) is 4.84. The first-order valence-electron chi connectivity index (χ1n) is 8.72. The number of benzene rings is 2. The van der Waals surface area contributed by atoms with E-state index in [9.17, 15) is 21.2 Å². The monoisotopic (exact) mass is 411 g/mol. The van der Waals surface area contributed by atoms with Crippen LogP contribution >= 0.6 is 0 Å². The van der Waals surface area contributed by atoms with Crippen molar-refractivity contribution in [3.8, 4) is 0 Å². The second kappa shape index (κ2) is 7.69. The van der Waals surface area contributed by atoms with Crippen molar-refractivity contribution < 1.29 is 21.2 Å². The lowest BCUT2D eigenvalue weighted by molar-refractivity contribution is 0.525. The molecule has 1 fully saturated rings. The van der Waals surface area contributed by atoms with Crippen LogP contribution in [0.2, 0.25) is 0 Å². The number of halogens is 1. The average Bonchev–Trinajstić information content (AvgIpc) is 2.97. The average molecular weight is 412 g/mol. The van der Waals surface area contributed by atoms with Gasteiger partial charge in [-0.1, -0.05) is 31.2 Å². The highest BCUT2D eigenvalue weighted by Crippen LogP contribution is 2.26. The van der Waals surface area contributed by atoms with Crippen LogP contribution in [0.1, 0.15) is 18.1 Å². The van der Waals surface area contributed by atoms with E-state index >= 15 is 0 Å². The maximum absolute atomic E-state index is 13.0. The molecule has 5 nitrogen and oxygen atoms in total. The SMILES string of the molecule is CCc1ccc(S(=O)(=O)[C@H]2CS(=O)(=O)C[C@@H]2NCc2ccc(F)cc2)cc1. The predicted molar refractivity (Wildman–Crippen MR) is 102 cm³/mol. The van der Waals surface area contributed by atoms with E-state index in [1.54, 1.807) is 24.3 Å². The Kier molecular flexibility index (Phi) is 5.69. The van der Waals surface area contributed by atoms with Crippen molar-refractivity contribution in [1.82, 2.24) is 5.32 Å². The lowest BCUT2D eigenvalue weighted by Crippen LogP contribution is -2.43. The van der Waals surface area contributed by atoms with Crippen LogP contribution in [0.15, 0.2) is 53.4 Å². The molecule has 0 bridgehead atoms. The molecule has 0 unspecified atom stereocenters. The van der Waals surface area contributed by atoms with Crippen LogP contribution in [-0.4, -0.2) is 39.6 Å². The van der Waals surface area contributed by atoms with E-state index in [1.165, 1.54) is 24.3 Å². The number of aryl methyl sites for hydroxylation is 1. The standard InChI is InChI=1S/C19H22FNO4S2/c1-2-14-5-9-17(10-6-14)27(24,25)19-13-26(22,23)12-18(19)21-11-15-3-7-16(20)8-4-15/h3-10,18-19,21H,2,11-13H2,1H3/t18-,19-/m0/s1. The molecular formula is C19H22FNO4S2. The summed E-state index contributed by atoms with van der Waals surface area (Å²) in [5, 5.41) is 1.99. The maximum Gasteiger partial charge on any atom is 0.183 e. The zero-order valence-corrected chi connectivity index (χ0v) is 16.6. The first-order chi connectivity index (χ1) is 12.7. The van der Waals surface area contributed by atoms with Gasteiger partial charge in [0.2, 0.25) is 0 Å². The summed E-state index contributed by atoms with van der Waals surface area (Å²) in [7, 11) is -7.26. The Morgan fingerprint density at radius 2 is 1.59 bits per heavy atom. The molecule has 8 heteroatoms. The molecule has 0 spiro atoms. The molecule has 0 saturated carbocycles. The molecule has 27 heavy (non-hydrogen) atoms. The van der Waals surface area contributed by atoms with Crippen LogP contribution in [0.3, 0.4) is 0 Å². The summed E-state index contributed by atoms with van der Waals surface area (Å²) in [4.78, 5) is 0.135. The summed E-state index contributed by atoms with van der Waals surface area (Å²) < 4.78 is 63.3. The van der Waals surface area contributed by atoms with E-state index in [2.05, 4.69) is 5.32 Å². The number of nitrogens with one attached hydrogen (secondary N) is 1. The van der Waals surface area contributed by atoms with Gasteiger partial charge in [0, 0.05) is 12.6 Å². The van der Waals surface area contributed by atoms with Gasteiger partial charge >= 0.3 is 0 Å². The van der Waals surface area contributed by atoms with Gasteiger partial charge in [-0.25, -0.2) is 21.2 Å². The molecule has 0 aliphatic carbocycles. The van der Waals surface area contributed by atoms with Crippen LogP contribution in [-0.2, 0) is 32.6 Å².